The van der Waals surface area contributed by atoms with Crippen LogP contribution in [0.25, 0.3) is 0 Å². The molecule has 3 rings (SSSR count). The maximum absolute atomic E-state index is 12.3. The highest BCUT2D eigenvalue weighted by Gasteiger charge is 2.09. The van der Waals surface area contributed by atoms with Crippen molar-refractivity contribution in [2.45, 2.75) is 13.3 Å². The van der Waals surface area contributed by atoms with Gasteiger partial charge in [0.25, 0.3) is 5.91 Å². The van der Waals surface area contributed by atoms with Crippen molar-refractivity contribution in [3.8, 4) is 0 Å². The zero-order valence-electron chi connectivity index (χ0n) is 12.1. The number of amides is 1. The summed E-state index contributed by atoms with van der Waals surface area (Å²) >= 11 is 1.42. The normalized spacial score (nSPS) is 10.4. The molecule has 1 amide bonds. The molecule has 0 radical (unpaired) electrons. The van der Waals surface area contributed by atoms with Crippen molar-refractivity contribution in [2.24, 2.45) is 0 Å². The molecule has 0 aliphatic heterocycles. The van der Waals surface area contributed by atoms with Crippen LogP contribution in [0.5, 0.6) is 0 Å². The Labute approximate surface area is 132 Å². The Morgan fingerprint density at radius 1 is 1.23 bits per heavy atom. The molecule has 0 fully saturated rings. The van der Waals surface area contributed by atoms with E-state index in [2.05, 4.69) is 15.3 Å². The number of rotatable bonds is 4. The summed E-state index contributed by atoms with van der Waals surface area (Å²) in [6, 6.07) is 13.6. The first-order chi connectivity index (χ1) is 10.7. The SMILES string of the molecule is Cc1csc(NC(=O)c2ccnc(Cc3ccccc3)c2)n1. The number of aryl methyl sites for hydroxylation is 1. The van der Waals surface area contributed by atoms with Gasteiger partial charge in [-0.05, 0) is 24.6 Å². The molecule has 0 atom stereocenters. The van der Waals surface area contributed by atoms with Crippen LogP contribution in [0, 0.1) is 6.92 Å². The van der Waals surface area contributed by atoms with Crippen LogP contribution in [0.2, 0.25) is 0 Å². The van der Waals surface area contributed by atoms with E-state index in [-0.39, 0.29) is 5.91 Å². The highest BCUT2D eigenvalue weighted by Crippen LogP contribution is 2.16. The molecule has 1 aromatic carbocycles. The smallest absolute Gasteiger partial charge is 0.257 e. The first-order valence-corrected chi connectivity index (χ1v) is 7.81. The average Bonchev–Trinajstić information content (AvgIpc) is 2.93. The second kappa shape index (κ2) is 6.49. The van der Waals surface area contributed by atoms with Gasteiger partial charge in [-0.3, -0.25) is 15.1 Å². The van der Waals surface area contributed by atoms with E-state index in [1.807, 2.05) is 48.7 Å². The van der Waals surface area contributed by atoms with Gasteiger partial charge in [0.2, 0.25) is 0 Å². The van der Waals surface area contributed by atoms with Crippen molar-refractivity contribution < 1.29 is 4.79 Å². The number of pyridine rings is 1. The molecule has 4 nitrogen and oxygen atoms in total. The quantitative estimate of drug-likeness (QED) is 0.799. The minimum atomic E-state index is -0.161. The fourth-order valence-corrected chi connectivity index (χ4v) is 2.78. The maximum Gasteiger partial charge on any atom is 0.257 e. The molecule has 0 aliphatic rings. The standard InChI is InChI=1S/C17H15N3OS/c1-12-11-22-17(19-12)20-16(21)14-7-8-18-15(10-14)9-13-5-3-2-4-6-13/h2-8,10-11H,9H2,1H3,(H,19,20,21). The summed E-state index contributed by atoms with van der Waals surface area (Å²) in [5.41, 5.74) is 3.53. The van der Waals surface area contributed by atoms with Crippen LogP contribution in [0.4, 0.5) is 5.13 Å². The number of carbonyl (C=O) groups is 1. The van der Waals surface area contributed by atoms with E-state index in [9.17, 15) is 4.79 Å². The maximum atomic E-state index is 12.3. The molecule has 1 N–H and O–H groups in total. The summed E-state index contributed by atoms with van der Waals surface area (Å²) in [6.07, 6.45) is 2.37. The number of nitrogens with zero attached hydrogens (tertiary/aromatic N) is 2. The lowest BCUT2D eigenvalue weighted by atomic mass is 10.1. The van der Waals surface area contributed by atoms with Gasteiger partial charge in [-0.1, -0.05) is 30.3 Å². The summed E-state index contributed by atoms with van der Waals surface area (Å²) in [5, 5.41) is 5.33. The Balaban J connectivity index is 1.74. The predicted octanol–water partition coefficient (Wildman–Crippen LogP) is 3.69. The molecule has 0 unspecified atom stereocenters. The van der Waals surface area contributed by atoms with Gasteiger partial charge in [0.1, 0.15) is 0 Å². The monoisotopic (exact) mass is 309 g/mol. The third-order valence-corrected chi connectivity index (χ3v) is 4.02. The van der Waals surface area contributed by atoms with Crippen LogP contribution in [-0.2, 0) is 6.42 Å². The molecule has 5 heteroatoms. The van der Waals surface area contributed by atoms with Gasteiger partial charge in [0, 0.05) is 29.3 Å². The highest BCUT2D eigenvalue weighted by molar-refractivity contribution is 7.13. The molecule has 0 saturated carbocycles. The van der Waals surface area contributed by atoms with Crippen molar-refractivity contribution in [1.29, 1.82) is 0 Å². The Morgan fingerprint density at radius 2 is 2.05 bits per heavy atom. The van der Waals surface area contributed by atoms with Crippen molar-refractivity contribution >= 4 is 22.4 Å². The molecule has 0 bridgehead atoms. The van der Waals surface area contributed by atoms with E-state index >= 15 is 0 Å². The second-order valence-electron chi connectivity index (χ2n) is 4.95. The zero-order chi connectivity index (χ0) is 15.4. The van der Waals surface area contributed by atoms with E-state index in [0.29, 0.717) is 17.1 Å². The number of aromatic nitrogens is 2. The van der Waals surface area contributed by atoms with Gasteiger partial charge in [-0.2, -0.15) is 0 Å². The first-order valence-electron chi connectivity index (χ1n) is 6.93. The Hall–Kier alpha value is -2.53. The van der Waals surface area contributed by atoms with Crippen molar-refractivity contribution in [1.82, 2.24) is 9.97 Å². The largest absolute Gasteiger partial charge is 0.298 e. The Kier molecular flexibility index (Phi) is 4.25. The van der Waals surface area contributed by atoms with Crippen LogP contribution >= 0.6 is 11.3 Å². The van der Waals surface area contributed by atoms with E-state index in [4.69, 9.17) is 0 Å². The van der Waals surface area contributed by atoms with Gasteiger partial charge in [0.15, 0.2) is 5.13 Å². The van der Waals surface area contributed by atoms with Gasteiger partial charge in [-0.15, -0.1) is 11.3 Å². The van der Waals surface area contributed by atoms with Gasteiger partial charge in [-0.25, -0.2) is 4.98 Å². The number of hydrogen-bond donors (Lipinski definition) is 1. The van der Waals surface area contributed by atoms with E-state index in [0.717, 1.165) is 11.4 Å². The Morgan fingerprint density at radius 3 is 2.77 bits per heavy atom. The third-order valence-electron chi connectivity index (χ3n) is 3.15. The molecule has 0 spiro atoms. The summed E-state index contributed by atoms with van der Waals surface area (Å²) in [5.74, 6) is -0.161. The van der Waals surface area contributed by atoms with Crippen LogP contribution < -0.4 is 5.32 Å². The number of anilines is 1. The number of carbonyl (C=O) groups excluding carboxylic acids is 1. The number of thiazole rings is 1. The molecule has 2 heterocycles. The molecule has 3 aromatic rings. The fourth-order valence-electron chi connectivity index (χ4n) is 2.10. The minimum absolute atomic E-state index is 0.161. The molecule has 110 valence electrons. The van der Waals surface area contributed by atoms with Crippen LogP contribution in [0.3, 0.4) is 0 Å². The van der Waals surface area contributed by atoms with Gasteiger partial charge >= 0.3 is 0 Å². The second-order valence-corrected chi connectivity index (χ2v) is 5.80. The number of benzene rings is 1. The van der Waals surface area contributed by atoms with E-state index in [1.54, 1.807) is 12.3 Å². The van der Waals surface area contributed by atoms with Crippen LogP contribution in [0.1, 0.15) is 27.3 Å². The lowest BCUT2D eigenvalue weighted by Gasteiger charge is -2.05. The summed E-state index contributed by atoms with van der Waals surface area (Å²) in [7, 11) is 0. The number of hydrogen-bond acceptors (Lipinski definition) is 4. The highest BCUT2D eigenvalue weighted by atomic mass is 32.1. The molecule has 0 aliphatic carbocycles. The van der Waals surface area contributed by atoms with Gasteiger partial charge in [0.05, 0.1) is 5.69 Å². The first kappa shape index (κ1) is 14.4. The summed E-state index contributed by atoms with van der Waals surface area (Å²) in [6.45, 7) is 1.90. The molecule has 2 aromatic heterocycles. The lowest BCUT2D eigenvalue weighted by Crippen LogP contribution is -2.12. The molecular formula is C17H15N3OS. The predicted molar refractivity (Wildman–Crippen MR) is 88.3 cm³/mol. The minimum Gasteiger partial charge on any atom is -0.298 e. The molecule has 22 heavy (non-hydrogen) atoms. The van der Waals surface area contributed by atoms with Crippen molar-refractivity contribution in [3.63, 3.8) is 0 Å². The molecule has 0 saturated heterocycles. The van der Waals surface area contributed by atoms with Crippen LogP contribution in [0.15, 0.2) is 54.0 Å². The van der Waals surface area contributed by atoms with Crippen molar-refractivity contribution in [3.05, 3.63) is 76.6 Å². The van der Waals surface area contributed by atoms with Crippen molar-refractivity contribution in [2.75, 3.05) is 5.32 Å². The summed E-state index contributed by atoms with van der Waals surface area (Å²) < 4.78 is 0. The van der Waals surface area contributed by atoms with E-state index in [1.165, 1.54) is 16.9 Å². The Bertz CT molecular complexity index is 783. The third kappa shape index (κ3) is 3.56. The number of nitrogens with one attached hydrogen (secondary N) is 1. The lowest BCUT2D eigenvalue weighted by molar-refractivity contribution is 0.102. The van der Waals surface area contributed by atoms with Gasteiger partial charge < -0.3 is 0 Å². The molecular weight excluding hydrogens is 294 g/mol. The van der Waals surface area contributed by atoms with E-state index < -0.39 is 0 Å². The summed E-state index contributed by atoms with van der Waals surface area (Å²) in [4.78, 5) is 20.8. The van der Waals surface area contributed by atoms with Crippen LogP contribution in [-0.4, -0.2) is 15.9 Å². The average molecular weight is 309 g/mol. The zero-order valence-corrected chi connectivity index (χ0v) is 12.9. The fraction of sp³-hybridized carbons (Fsp3) is 0.118. The topological polar surface area (TPSA) is 54.9 Å².